The number of amidine groups is 1. The third-order valence-electron chi connectivity index (χ3n) is 5.25. The molecule has 10 nitrogen and oxygen atoms in total. The van der Waals surface area contributed by atoms with Crippen LogP contribution in [-0.4, -0.2) is 78.9 Å². The monoisotopic (exact) mass is 389 g/mol. The Labute approximate surface area is 161 Å². The first-order valence-corrected chi connectivity index (χ1v) is 9.01. The predicted molar refractivity (Wildman–Crippen MR) is 98.7 cm³/mol. The molecule has 0 aliphatic carbocycles. The number of hydrogen-bond donors (Lipinski definition) is 6. The van der Waals surface area contributed by atoms with Crippen LogP contribution in [0, 0.1) is 5.41 Å². The molecule has 1 saturated heterocycles. The average Bonchev–Trinajstić information content (AvgIpc) is 3.27. The van der Waals surface area contributed by atoms with E-state index in [1.54, 1.807) is 4.90 Å². The first-order valence-electron chi connectivity index (χ1n) is 9.01. The molecule has 5 atom stereocenters. The lowest BCUT2D eigenvalue weighted by Crippen LogP contribution is -2.44. The van der Waals surface area contributed by atoms with Crippen molar-refractivity contribution in [3.8, 4) is 0 Å². The number of imidazole rings is 1. The fourth-order valence-electron chi connectivity index (χ4n) is 3.71. The van der Waals surface area contributed by atoms with Crippen LogP contribution < -0.4 is 5.32 Å². The molecule has 0 amide bonds. The van der Waals surface area contributed by atoms with Crippen molar-refractivity contribution in [2.24, 2.45) is 0 Å². The fourth-order valence-corrected chi connectivity index (χ4v) is 3.71. The van der Waals surface area contributed by atoms with Crippen LogP contribution in [0.3, 0.4) is 0 Å². The van der Waals surface area contributed by atoms with Gasteiger partial charge in [-0.3, -0.25) is 9.98 Å². The molecule has 1 aromatic carbocycles. The van der Waals surface area contributed by atoms with E-state index in [1.807, 2.05) is 30.3 Å². The quantitative estimate of drug-likeness (QED) is 0.391. The largest absolute Gasteiger partial charge is 0.394 e. The minimum atomic E-state index is -1.24. The van der Waals surface area contributed by atoms with Gasteiger partial charge in [0.1, 0.15) is 29.8 Å². The lowest BCUT2D eigenvalue weighted by molar-refractivity contribution is -0.0519. The number of benzene rings is 1. The Bertz CT molecular complexity index is 844. The molecule has 2 aromatic rings. The minimum Gasteiger partial charge on any atom is -0.394 e. The van der Waals surface area contributed by atoms with Gasteiger partial charge in [-0.25, -0.2) is 4.98 Å². The van der Waals surface area contributed by atoms with Gasteiger partial charge in [-0.15, -0.1) is 0 Å². The van der Waals surface area contributed by atoms with Gasteiger partial charge in [0.15, 0.2) is 12.1 Å². The molecule has 0 saturated carbocycles. The van der Waals surface area contributed by atoms with Crippen molar-refractivity contribution >= 4 is 11.7 Å². The molecule has 10 heteroatoms. The third-order valence-corrected chi connectivity index (χ3v) is 5.25. The molecular formula is C18H23N5O5. The normalized spacial score (nSPS) is 28.1. The highest BCUT2D eigenvalue weighted by Gasteiger charge is 2.45. The first kappa shape index (κ1) is 18.8. The van der Waals surface area contributed by atoms with Gasteiger partial charge < -0.3 is 35.4 Å². The number of ether oxygens (including phenoxy) is 1. The highest BCUT2D eigenvalue weighted by Crippen LogP contribution is 2.35. The van der Waals surface area contributed by atoms with Crippen molar-refractivity contribution in [2.45, 2.75) is 30.6 Å². The third kappa shape index (κ3) is 2.95. The number of aromatic nitrogens is 2. The Kier molecular flexibility index (Phi) is 5.04. The van der Waals surface area contributed by atoms with Crippen LogP contribution in [0.25, 0.3) is 0 Å². The molecule has 0 bridgehead atoms. The number of anilines is 1. The van der Waals surface area contributed by atoms with Gasteiger partial charge in [-0.05, 0) is 5.56 Å². The zero-order valence-corrected chi connectivity index (χ0v) is 15.0. The number of aliphatic hydroxyl groups excluding tert-OH is 4. The molecule has 1 unspecified atom stereocenters. The molecule has 1 fully saturated rings. The molecule has 1 aromatic heterocycles. The summed E-state index contributed by atoms with van der Waals surface area (Å²) in [5.74, 6) is 0.600. The maximum atomic E-state index is 10.3. The Balaban J connectivity index is 1.61. The van der Waals surface area contributed by atoms with Gasteiger partial charge in [0.2, 0.25) is 0 Å². The highest BCUT2D eigenvalue weighted by atomic mass is 16.6. The van der Waals surface area contributed by atoms with Crippen LogP contribution in [0.4, 0.5) is 5.82 Å². The van der Waals surface area contributed by atoms with Crippen LogP contribution >= 0.6 is 0 Å². The molecule has 0 radical (unpaired) electrons. The van der Waals surface area contributed by atoms with Crippen LogP contribution in [0.15, 0.2) is 36.7 Å². The van der Waals surface area contributed by atoms with Crippen LogP contribution in [0.5, 0.6) is 0 Å². The van der Waals surface area contributed by atoms with Crippen LogP contribution in [0.2, 0.25) is 0 Å². The Morgan fingerprint density at radius 2 is 1.96 bits per heavy atom. The summed E-state index contributed by atoms with van der Waals surface area (Å²) in [5, 5.41) is 51.2. The lowest BCUT2D eigenvalue weighted by Gasteiger charge is -2.36. The number of hydrogen-bond acceptors (Lipinski definition) is 8. The van der Waals surface area contributed by atoms with E-state index in [2.05, 4.69) is 10.3 Å². The molecule has 0 spiro atoms. The van der Waals surface area contributed by atoms with E-state index < -0.39 is 37.2 Å². The first-order chi connectivity index (χ1) is 13.6. The van der Waals surface area contributed by atoms with E-state index in [0.717, 1.165) is 5.56 Å². The summed E-state index contributed by atoms with van der Waals surface area (Å²) >= 11 is 0. The summed E-state index contributed by atoms with van der Waals surface area (Å²) in [5.41, 5.74) is 1.22. The predicted octanol–water partition coefficient (Wildman–Crippen LogP) is -0.761. The molecule has 2 aliphatic rings. The van der Waals surface area contributed by atoms with Gasteiger partial charge in [0, 0.05) is 0 Å². The van der Waals surface area contributed by atoms with E-state index >= 15 is 0 Å². The van der Waals surface area contributed by atoms with Gasteiger partial charge in [0.25, 0.3) is 0 Å². The summed E-state index contributed by atoms with van der Waals surface area (Å²) in [7, 11) is 0. The number of nitrogens with one attached hydrogen (secondary N) is 2. The summed E-state index contributed by atoms with van der Waals surface area (Å²) in [6, 6.07) is 9.01. The summed E-state index contributed by atoms with van der Waals surface area (Å²) in [4.78, 5) is 5.97. The Morgan fingerprint density at radius 3 is 2.61 bits per heavy atom. The maximum absolute atomic E-state index is 10.3. The highest BCUT2D eigenvalue weighted by molar-refractivity contribution is 6.00. The van der Waals surface area contributed by atoms with Gasteiger partial charge in [-0.1, -0.05) is 30.3 Å². The zero-order valence-electron chi connectivity index (χ0n) is 15.0. The number of nitrogens with zero attached hydrogens (tertiary/aromatic N) is 3. The Hall–Kier alpha value is -2.50. The standard InChI is InChI=1S/C18H23N5O5/c19-16-13-17(21-9-22(16)11(6-24)10-4-2-1-3-5-10)23(8-20-13)18-15(27)14(26)12(7-25)28-18/h1-5,8,11-12,14-15,18-19,21,24-27H,6-7,9H2/t11?,12-,14-,15-,18-/m1/s1. The fraction of sp³-hybridized carbons (Fsp3) is 0.444. The molecule has 6 N–H and O–H groups in total. The summed E-state index contributed by atoms with van der Waals surface area (Å²) in [6.07, 6.45) is -2.86. The van der Waals surface area contributed by atoms with E-state index in [0.29, 0.717) is 11.5 Å². The smallest absolute Gasteiger partial charge is 0.165 e. The molecule has 150 valence electrons. The number of rotatable bonds is 5. The van der Waals surface area contributed by atoms with Gasteiger partial charge >= 0.3 is 0 Å². The summed E-state index contributed by atoms with van der Waals surface area (Å²) < 4.78 is 7.07. The Morgan fingerprint density at radius 1 is 1.21 bits per heavy atom. The molecule has 28 heavy (non-hydrogen) atoms. The number of fused-ring (bicyclic) bond motifs is 1. The van der Waals surface area contributed by atoms with Crippen molar-refractivity contribution in [3.05, 3.63) is 47.9 Å². The maximum Gasteiger partial charge on any atom is 0.165 e. The van der Waals surface area contributed by atoms with Crippen molar-refractivity contribution < 1.29 is 25.2 Å². The van der Waals surface area contributed by atoms with Crippen molar-refractivity contribution in [3.63, 3.8) is 0 Å². The topological polar surface area (TPSA) is 147 Å². The average molecular weight is 389 g/mol. The van der Waals surface area contributed by atoms with E-state index in [4.69, 9.17) is 10.1 Å². The molecule has 4 rings (SSSR count). The second-order valence-electron chi connectivity index (χ2n) is 6.84. The second-order valence-corrected chi connectivity index (χ2v) is 6.84. The van der Waals surface area contributed by atoms with Gasteiger partial charge in [-0.2, -0.15) is 0 Å². The van der Waals surface area contributed by atoms with E-state index in [-0.39, 0.29) is 19.1 Å². The summed E-state index contributed by atoms with van der Waals surface area (Å²) in [6.45, 7) is -0.344. The van der Waals surface area contributed by atoms with E-state index in [9.17, 15) is 20.4 Å². The lowest BCUT2D eigenvalue weighted by atomic mass is 10.1. The van der Waals surface area contributed by atoms with Crippen molar-refractivity contribution in [1.82, 2.24) is 14.5 Å². The SMILES string of the molecule is N=C1c2ncn([C@@H]3O[C@H](CO)[C@@H](O)[C@H]3O)c2NCN1C(CO)c1ccccc1. The number of aliphatic hydroxyl groups is 4. The zero-order chi connectivity index (χ0) is 19.8. The molecule has 2 aliphatic heterocycles. The van der Waals surface area contributed by atoms with Crippen LogP contribution in [-0.2, 0) is 4.74 Å². The van der Waals surface area contributed by atoms with Crippen molar-refractivity contribution in [2.75, 3.05) is 25.2 Å². The van der Waals surface area contributed by atoms with Crippen molar-refractivity contribution in [1.29, 1.82) is 5.41 Å². The van der Waals surface area contributed by atoms with Crippen LogP contribution in [0.1, 0.15) is 23.5 Å². The second kappa shape index (κ2) is 7.49. The molecular weight excluding hydrogens is 366 g/mol. The molecule has 3 heterocycles. The van der Waals surface area contributed by atoms with E-state index in [1.165, 1.54) is 10.9 Å². The van der Waals surface area contributed by atoms with Gasteiger partial charge in [0.05, 0.1) is 32.3 Å². The minimum absolute atomic E-state index is 0.127.